The van der Waals surface area contributed by atoms with E-state index in [-0.39, 0.29) is 24.8 Å². The van der Waals surface area contributed by atoms with E-state index in [9.17, 15) is 0 Å². The molecule has 7 rings (SSSR count). The fraction of sp³-hybridized carbons (Fsp3) is 0.300. The minimum Gasteiger partial charge on any atom is -0.147 e. The molecule has 0 bridgehead atoms. The Morgan fingerprint density at radius 2 is 0.953 bits per heavy atom. The Morgan fingerprint density at radius 1 is 0.535 bits per heavy atom. The van der Waals surface area contributed by atoms with Gasteiger partial charge in [-0.1, -0.05) is 0 Å². The third kappa shape index (κ3) is 5.83. The van der Waals surface area contributed by atoms with Crippen molar-refractivity contribution < 1.29 is 20.0 Å². The number of unbranched alkanes of at least 4 members (excludes halogenated alkanes) is 2. The van der Waals surface area contributed by atoms with Crippen molar-refractivity contribution in [1.82, 2.24) is 0 Å². The van der Waals surface area contributed by atoms with Crippen LogP contribution in [0.15, 0.2) is 108 Å². The van der Waals surface area contributed by atoms with Gasteiger partial charge in [0.25, 0.3) is 0 Å². The van der Waals surface area contributed by atoms with E-state index in [0.29, 0.717) is 0 Å². The van der Waals surface area contributed by atoms with E-state index in [1.54, 1.807) is 30.6 Å². The van der Waals surface area contributed by atoms with E-state index in [0.717, 1.165) is 7.35 Å². The molecule has 0 N–H and O–H groups in total. The number of hydrogen-bond donors (Lipinski definition) is 0. The Labute approximate surface area is 275 Å². The molecule has 4 aromatic carbocycles. The van der Waals surface area contributed by atoms with Gasteiger partial charge in [-0.3, -0.25) is 0 Å². The second kappa shape index (κ2) is 13.8. The van der Waals surface area contributed by atoms with Crippen molar-refractivity contribution in [2.75, 3.05) is 0 Å². The van der Waals surface area contributed by atoms with Gasteiger partial charge in [0.15, 0.2) is 0 Å². The average Bonchev–Trinajstić information content (AvgIpc) is 3.57. The first-order chi connectivity index (χ1) is 20.2. The van der Waals surface area contributed by atoms with Crippen LogP contribution in [0.3, 0.4) is 0 Å². The molecule has 0 aromatic heterocycles. The van der Waals surface area contributed by atoms with Crippen LogP contribution >= 0.6 is 24.8 Å². The first-order valence-electron chi connectivity index (χ1n) is 16.0. The molecule has 1 fully saturated rings. The standard InChI is InChI=1S/2C19H19.C2H4.2ClH.Hf/c2*1-2-3-8-15-13-17-11-7-12-18(19(17)14-15)16-9-5-4-6-10-16;1-2;;;/h2*4-7,9-14H,2-3,8H2,1H3;1-2H2;2*1H;. The van der Waals surface area contributed by atoms with Crippen LogP contribution in [-0.4, -0.2) is 0 Å². The molecular formula is C40H44Cl2Hf. The molecular weight excluding hydrogens is 730 g/mol. The van der Waals surface area contributed by atoms with Gasteiger partial charge in [-0.2, -0.15) is 0 Å². The van der Waals surface area contributed by atoms with Gasteiger partial charge in [0.05, 0.1) is 0 Å². The monoisotopic (exact) mass is 774 g/mol. The molecule has 43 heavy (non-hydrogen) atoms. The van der Waals surface area contributed by atoms with Crippen LogP contribution in [0, 0.1) is 0 Å². The molecule has 2 unspecified atom stereocenters. The number of rotatable bonds is 10. The van der Waals surface area contributed by atoms with Crippen LogP contribution in [0.2, 0.25) is 8.35 Å². The third-order valence-electron chi connectivity index (χ3n) is 10.1. The summed E-state index contributed by atoms with van der Waals surface area (Å²) in [6, 6.07) is 36.7. The summed E-state index contributed by atoms with van der Waals surface area (Å²) in [5.74, 6) is 0. The predicted molar refractivity (Wildman–Crippen MR) is 188 cm³/mol. The molecule has 0 amide bonds. The second-order valence-corrected chi connectivity index (χ2v) is 29.2. The maximum atomic E-state index is 2.67. The van der Waals surface area contributed by atoms with E-state index in [4.69, 9.17) is 0 Å². The van der Waals surface area contributed by atoms with Crippen molar-refractivity contribution in [2.24, 2.45) is 0 Å². The Hall–Kier alpha value is -2.19. The van der Waals surface area contributed by atoms with Gasteiger partial charge in [0.2, 0.25) is 0 Å². The van der Waals surface area contributed by atoms with Gasteiger partial charge >= 0.3 is 253 Å². The van der Waals surface area contributed by atoms with Crippen molar-refractivity contribution in [3.63, 3.8) is 0 Å². The number of fused-ring (bicyclic) bond motifs is 2. The average molecular weight is 774 g/mol. The van der Waals surface area contributed by atoms with Gasteiger partial charge < -0.3 is 0 Å². The van der Waals surface area contributed by atoms with Crippen LogP contribution < -0.4 is 0 Å². The first kappa shape index (κ1) is 32.2. The molecule has 2 aliphatic carbocycles. The maximum absolute atomic E-state index is 2.89. The van der Waals surface area contributed by atoms with E-state index in [1.165, 1.54) is 71.9 Å². The summed E-state index contributed by atoms with van der Waals surface area (Å²) in [6.45, 7) is 4.71. The molecule has 3 heteroatoms. The summed E-state index contributed by atoms with van der Waals surface area (Å²) in [6.07, 6.45) is 13.0. The summed E-state index contributed by atoms with van der Waals surface area (Å²) in [7, 11) is 0. The molecule has 0 spiro atoms. The van der Waals surface area contributed by atoms with Gasteiger partial charge in [-0.05, 0) is 0 Å². The quantitative estimate of drug-likeness (QED) is 0.141. The van der Waals surface area contributed by atoms with E-state index in [2.05, 4.69) is 123 Å². The number of allylic oxidation sites excluding steroid dienone is 2. The van der Waals surface area contributed by atoms with Crippen LogP contribution in [0.4, 0.5) is 0 Å². The van der Waals surface area contributed by atoms with Gasteiger partial charge in [0, 0.05) is 0 Å². The normalized spacial score (nSPS) is 18.9. The number of hydrogen-bond acceptors (Lipinski definition) is 0. The van der Waals surface area contributed by atoms with Gasteiger partial charge in [-0.25, -0.2) is 0 Å². The summed E-state index contributed by atoms with van der Waals surface area (Å²) in [5.41, 5.74) is 15.6. The molecule has 3 aliphatic rings. The zero-order valence-electron chi connectivity index (χ0n) is 25.5. The molecule has 0 nitrogen and oxygen atoms in total. The second-order valence-electron chi connectivity index (χ2n) is 12.6. The molecule has 0 radical (unpaired) electrons. The van der Waals surface area contributed by atoms with E-state index < -0.39 is 20.0 Å². The Balaban J connectivity index is 0.00000184. The Kier molecular flexibility index (Phi) is 10.4. The van der Waals surface area contributed by atoms with Crippen LogP contribution in [0.25, 0.3) is 34.4 Å². The maximum Gasteiger partial charge on any atom is -0.147 e. The molecule has 0 saturated carbocycles. The summed E-state index contributed by atoms with van der Waals surface area (Å²) >= 11 is -2.89. The largest absolute Gasteiger partial charge is 0.147 e. The van der Waals surface area contributed by atoms with Crippen molar-refractivity contribution >= 4 is 37.0 Å². The fourth-order valence-corrected chi connectivity index (χ4v) is 36.2. The van der Waals surface area contributed by atoms with Crippen molar-refractivity contribution in [3.05, 3.63) is 130 Å². The van der Waals surface area contributed by atoms with Gasteiger partial charge in [-0.15, -0.1) is 24.8 Å². The first-order valence-corrected chi connectivity index (χ1v) is 25.3. The smallest absolute Gasteiger partial charge is 0.147 e. The fourth-order valence-electron chi connectivity index (χ4n) is 8.11. The zero-order valence-corrected chi connectivity index (χ0v) is 30.7. The van der Waals surface area contributed by atoms with Crippen LogP contribution in [0.1, 0.15) is 82.0 Å². The van der Waals surface area contributed by atoms with E-state index >= 15 is 0 Å². The summed E-state index contributed by atoms with van der Waals surface area (Å²) < 4.78 is 4.54. The van der Waals surface area contributed by atoms with Crippen molar-refractivity contribution in [2.45, 2.75) is 68.1 Å². The molecule has 1 saturated heterocycles. The number of benzene rings is 4. The zero-order chi connectivity index (χ0) is 27.8. The Bertz CT molecular complexity index is 1500. The van der Waals surface area contributed by atoms with Crippen LogP contribution in [-0.2, 0) is 20.0 Å². The molecule has 1 heterocycles. The molecule has 4 aromatic rings. The van der Waals surface area contributed by atoms with Crippen molar-refractivity contribution in [1.29, 1.82) is 0 Å². The number of halogens is 2. The molecule has 222 valence electrons. The summed E-state index contributed by atoms with van der Waals surface area (Å²) in [5, 5.41) is 0. The Morgan fingerprint density at radius 3 is 1.33 bits per heavy atom. The third-order valence-corrected chi connectivity index (χ3v) is 29.2. The summed E-state index contributed by atoms with van der Waals surface area (Å²) in [4.78, 5) is 0. The molecule has 2 atom stereocenters. The van der Waals surface area contributed by atoms with E-state index in [1.807, 2.05) is 0 Å². The van der Waals surface area contributed by atoms with Crippen molar-refractivity contribution in [3.8, 4) is 22.3 Å². The van der Waals surface area contributed by atoms with Crippen LogP contribution in [0.5, 0.6) is 0 Å². The SMILES string of the molecule is CCCCC1=Cc2c(-c3ccccc3)cccc2[CH]1[Hf]1([CH]2C(CCCC)=Cc3c(-c4ccccc4)cccc32)[CH2][CH2]1.Cl.Cl. The minimum absolute atomic E-state index is 0. The topological polar surface area (TPSA) is 0 Å². The van der Waals surface area contributed by atoms with Gasteiger partial charge in [0.1, 0.15) is 0 Å². The molecule has 1 aliphatic heterocycles. The minimum atomic E-state index is -2.89. The predicted octanol–water partition coefficient (Wildman–Crippen LogP) is 12.8.